The second-order valence-electron chi connectivity index (χ2n) is 12.7. The van der Waals surface area contributed by atoms with Crippen LogP contribution in [0, 0.1) is 0 Å². The van der Waals surface area contributed by atoms with Gasteiger partial charge in [0.2, 0.25) is 23.6 Å². The van der Waals surface area contributed by atoms with Gasteiger partial charge in [0.25, 0.3) is 0 Å². The van der Waals surface area contributed by atoms with Crippen molar-refractivity contribution in [2.75, 3.05) is 27.7 Å². The van der Waals surface area contributed by atoms with E-state index in [0.29, 0.717) is 11.5 Å². The Bertz CT molecular complexity index is 1600. The molecular formula is C33H54N6O8P4S2+2. The molecule has 0 aliphatic carbocycles. The largest absolute Gasteiger partial charge is 0.540 e. The molecule has 0 N–H and O–H groups in total. The molecule has 2 atom stereocenters. The van der Waals surface area contributed by atoms with Crippen LogP contribution in [0.2, 0.25) is 0 Å². The smallest absolute Gasteiger partial charge is 0.305 e. The summed E-state index contributed by atoms with van der Waals surface area (Å²) >= 11 is 11.0. The fraction of sp³-hybridized carbons (Fsp3) is 0.545. The van der Waals surface area contributed by atoms with Crippen molar-refractivity contribution < 1.29 is 36.3 Å². The average molecular weight is 851 g/mol. The van der Waals surface area contributed by atoms with Gasteiger partial charge in [0.05, 0.1) is 57.5 Å². The quantitative estimate of drug-likeness (QED) is 0.0597. The predicted octanol–water partition coefficient (Wildman–Crippen LogP) is 9.57. The van der Waals surface area contributed by atoms with E-state index in [1.54, 1.807) is 117 Å². The van der Waals surface area contributed by atoms with Crippen molar-refractivity contribution in [3.63, 3.8) is 0 Å². The third-order valence-corrected chi connectivity index (χ3v) is 16.3. The fourth-order valence-electron chi connectivity index (χ4n) is 4.26. The summed E-state index contributed by atoms with van der Waals surface area (Å²) in [4.78, 5) is 0. The van der Waals surface area contributed by atoms with Crippen molar-refractivity contribution in [1.82, 2.24) is 14.6 Å². The first-order chi connectivity index (χ1) is 24.8. The molecule has 0 saturated heterocycles. The first-order valence-electron chi connectivity index (χ1n) is 17.0. The molecule has 20 heteroatoms. The number of hydrogen-bond donors (Lipinski definition) is 0. The van der Waals surface area contributed by atoms with Crippen molar-refractivity contribution >= 4 is 71.6 Å². The number of rotatable bonds is 23. The topological polar surface area (TPSA) is 136 Å². The van der Waals surface area contributed by atoms with E-state index in [2.05, 4.69) is 15.3 Å². The summed E-state index contributed by atoms with van der Waals surface area (Å²) in [7, 11) is -5.76. The van der Waals surface area contributed by atoms with Crippen LogP contribution in [0.4, 0.5) is 0 Å². The zero-order valence-electron chi connectivity index (χ0n) is 32.5. The van der Waals surface area contributed by atoms with Gasteiger partial charge in [-0.25, -0.2) is 0 Å². The molecule has 0 fully saturated rings. The summed E-state index contributed by atoms with van der Waals surface area (Å²) < 4.78 is 67.4. The summed E-state index contributed by atoms with van der Waals surface area (Å²) in [6.07, 6.45) is 3.04. The normalized spacial score (nSPS) is 13.4. The van der Waals surface area contributed by atoms with Crippen LogP contribution in [0.5, 0.6) is 11.5 Å². The second kappa shape index (κ2) is 22.4. The van der Waals surface area contributed by atoms with Gasteiger partial charge in [-0.2, -0.15) is 5.10 Å². The lowest BCUT2D eigenvalue weighted by molar-refractivity contribution is 0.118. The molecule has 2 aromatic rings. The summed E-state index contributed by atoms with van der Waals surface area (Å²) in [5, 5.41) is 13.3. The molecule has 0 radical (unpaired) electrons. The van der Waals surface area contributed by atoms with Crippen LogP contribution >= 0.6 is 29.3 Å². The number of hydrogen-bond acceptors (Lipinski definition) is 14. The van der Waals surface area contributed by atoms with Gasteiger partial charge in [-0.15, -0.1) is 10.2 Å². The highest BCUT2D eigenvalue weighted by molar-refractivity contribution is 8.02. The molecule has 0 aromatic heterocycles. The lowest BCUT2D eigenvalue weighted by atomic mass is 10.2. The molecule has 0 saturated carbocycles. The van der Waals surface area contributed by atoms with E-state index < -0.39 is 59.2 Å². The molecule has 0 bridgehead atoms. The van der Waals surface area contributed by atoms with Crippen molar-refractivity contribution in [2.45, 2.75) is 92.1 Å². The molecule has 2 unspecified atom stereocenters. The standard InChI is InChI=1S/C33H54N6O8P4S2/c1-13-34-38(11)48(52)42-31-20-16-30(17-21-31)23-36-39(12)49(53)43-32-18-14-29(15-19-32)22-35-37(10)24-33(50(40,44-25(2)3)45-26(4)5)51(41,46-27(6)7)47-28(8)9/h13-23,25-28,33H,24H2,1-12H3/q+2/b34-13+,35-22+,36-23+. The van der Waals surface area contributed by atoms with E-state index in [4.69, 9.17) is 50.8 Å². The van der Waals surface area contributed by atoms with Crippen LogP contribution in [0.25, 0.3) is 0 Å². The zero-order chi connectivity index (χ0) is 39.9. The minimum atomic E-state index is -4.07. The van der Waals surface area contributed by atoms with E-state index in [1.807, 2.05) is 43.3 Å². The van der Waals surface area contributed by atoms with Crippen molar-refractivity contribution in [3.05, 3.63) is 59.7 Å². The SMILES string of the molecule is C/C=N/N(C)[P+](=S)Oc1ccc(/C=N/N(C)[P+](=S)Oc2ccc(/C=N/N(C)CC(P(=O)(OC(C)C)OC(C)C)P(=O)(OC(C)C)OC(C)C)cc2)cc1. The van der Waals surface area contributed by atoms with E-state index in [9.17, 15) is 9.13 Å². The summed E-state index contributed by atoms with van der Waals surface area (Å²) in [5.74, 6) is 1.21. The van der Waals surface area contributed by atoms with Crippen LogP contribution in [0.1, 0.15) is 73.4 Å². The minimum Gasteiger partial charge on any atom is -0.305 e. The lowest BCUT2D eigenvalue weighted by Crippen LogP contribution is -2.31. The Morgan fingerprint density at radius 1 is 0.623 bits per heavy atom. The maximum atomic E-state index is 14.4. The zero-order valence-corrected chi connectivity index (χ0v) is 37.7. The third kappa shape index (κ3) is 16.6. The van der Waals surface area contributed by atoms with Crippen molar-refractivity contribution in [1.29, 1.82) is 0 Å². The number of benzene rings is 2. The molecule has 0 amide bonds. The third-order valence-electron chi connectivity index (χ3n) is 6.25. The van der Waals surface area contributed by atoms with Gasteiger partial charge in [-0.3, -0.25) is 23.2 Å². The highest BCUT2D eigenvalue weighted by Crippen LogP contribution is 2.72. The van der Waals surface area contributed by atoms with Gasteiger partial charge in [0, 0.05) is 13.3 Å². The fourth-order valence-corrected chi connectivity index (χ4v) is 12.1. The van der Waals surface area contributed by atoms with Gasteiger partial charge in [0.1, 0.15) is 0 Å². The number of nitrogens with zero attached hydrogens (tertiary/aromatic N) is 6. The van der Waals surface area contributed by atoms with E-state index in [1.165, 1.54) is 5.01 Å². The van der Waals surface area contributed by atoms with Gasteiger partial charge >= 0.3 is 29.3 Å². The minimum absolute atomic E-state index is 0.0992. The second-order valence-corrected chi connectivity index (χ2v) is 21.7. The molecule has 2 aromatic carbocycles. The van der Waals surface area contributed by atoms with E-state index in [-0.39, 0.29) is 6.54 Å². The molecule has 294 valence electrons. The van der Waals surface area contributed by atoms with Gasteiger partial charge in [-0.1, -0.05) is 9.56 Å². The highest BCUT2D eigenvalue weighted by Gasteiger charge is 2.53. The summed E-state index contributed by atoms with van der Waals surface area (Å²) in [6.45, 7) is 15.6. The Balaban J connectivity index is 2.14. The first kappa shape index (κ1) is 46.9. The summed E-state index contributed by atoms with van der Waals surface area (Å²) in [5.41, 5.74) is 1.60. The predicted molar refractivity (Wildman–Crippen MR) is 224 cm³/mol. The highest BCUT2D eigenvalue weighted by atomic mass is 32.4. The van der Waals surface area contributed by atoms with Crippen molar-refractivity contribution in [3.8, 4) is 11.5 Å². The summed E-state index contributed by atoms with van der Waals surface area (Å²) in [6, 6.07) is 14.6. The molecule has 53 heavy (non-hydrogen) atoms. The molecule has 0 aliphatic rings. The lowest BCUT2D eigenvalue weighted by Gasteiger charge is -2.36. The van der Waals surface area contributed by atoms with Crippen molar-refractivity contribution in [2.24, 2.45) is 15.3 Å². The Labute approximate surface area is 327 Å². The first-order valence-corrected chi connectivity index (χ1v) is 24.6. The van der Waals surface area contributed by atoms with Crippen LogP contribution in [-0.4, -0.2) is 90.7 Å². The maximum Gasteiger partial charge on any atom is 0.540 e. The van der Waals surface area contributed by atoms with Gasteiger partial charge < -0.3 is 18.1 Å². The molecule has 14 nitrogen and oxygen atoms in total. The van der Waals surface area contributed by atoms with Gasteiger partial charge in [0.15, 0.2) is 16.9 Å². The maximum absolute atomic E-state index is 14.4. The van der Waals surface area contributed by atoms with Crippen LogP contribution < -0.4 is 9.05 Å². The average Bonchev–Trinajstić information content (AvgIpc) is 3.04. The van der Waals surface area contributed by atoms with Crippen LogP contribution in [0.3, 0.4) is 0 Å². The Kier molecular flexibility index (Phi) is 19.8. The Hall–Kier alpha value is -2.21. The molecular weight excluding hydrogens is 796 g/mol. The molecule has 0 aliphatic heterocycles. The number of hydrazone groups is 3. The Morgan fingerprint density at radius 2 is 0.962 bits per heavy atom. The molecule has 0 spiro atoms. The Morgan fingerprint density at radius 3 is 1.30 bits per heavy atom. The monoisotopic (exact) mass is 850 g/mol. The van der Waals surface area contributed by atoms with Crippen LogP contribution in [0.15, 0.2) is 63.8 Å². The van der Waals surface area contributed by atoms with E-state index >= 15 is 0 Å². The van der Waals surface area contributed by atoms with E-state index in [0.717, 1.165) is 11.1 Å². The molecule has 2 rings (SSSR count). The van der Waals surface area contributed by atoms with Gasteiger partial charge in [-0.05, 0) is 122 Å². The molecule has 0 heterocycles. The van der Waals surface area contributed by atoms with Crippen LogP contribution in [-0.2, 0) is 50.8 Å².